The molecular weight excluding hydrogens is 280 g/mol. The van der Waals surface area contributed by atoms with Crippen LogP contribution in [0.2, 0.25) is 0 Å². The third kappa shape index (κ3) is 5.06. The van der Waals surface area contributed by atoms with Crippen LogP contribution in [0.25, 0.3) is 0 Å². The summed E-state index contributed by atoms with van der Waals surface area (Å²) in [4.78, 5) is 11.5. The zero-order valence-electron chi connectivity index (χ0n) is 13.3. The second kappa shape index (κ2) is 8.41. The minimum absolute atomic E-state index is 0.000741. The van der Waals surface area contributed by atoms with Crippen molar-refractivity contribution in [1.29, 1.82) is 0 Å². The van der Waals surface area contributed by atoms with Gasteiger partial charge >= 0.3 is 0 Å². The molecule has 2 rings (SSSR count). The molecule has 0 unspecified atom stereocenters. The van der Waals surface area contributed by atoms with E-state index in [1.165, 1.54) is 0 Å². The summed E-state index contributed by atoms with van der Waals surface area (Å²) in [5, 5.41) is 3.99. The van der Waals surface area contributed by atoms with E-state index in [-0.39, 0.29) is 11.8 Å². The number of carbonyl (C=O) groups excluding carboxylic acids is 1. The Labute approximate surface area is 131 Å². The van der Waals surface area contributed by atoms with Gasteiger partial charge in [-0.15, -0.1) is 0 Å². The van der Waals surface area contributed by atoms with Gasteiger partial charge in [-0.1, -0.05) is 13.3 Å². The SMILES string of the molecule is CCCCOc1ccc(/C=N\NC(=O)C2CC2)cc1OCC. The van der Waals surface area contributed by atoms with Gasteiger partial charge in [0.05, 0.1) is 19.4 Å². The predicted octanol–water partition coefficient (Wildman–Crippen LogP) is 3.12. The second-order valence-corrected chi connectivity index (χ2v) is 5.35. The fourth-order valence-corrected chi connectivity index (χ4v) is 1.93. The number of nitrogens with zero attached hydrogens (tertiary/aromatic N) is 1. The van der Waals surface area contributed by atoms with Crippen molar-refractivity contribution in [2.24, 2.45) is 11.0 Å². The highest BCUT2D eigenvalue weighted by Crippen LogP contribution is 2.29. The third-order valence-electron chi connectivity index (χ3n) is 3.36. The van der Waals surface area contributed by atoms with Gasteiger partial charge < -0.3 is 9.47 Å². The summed E-state index contributed by atoms with van der Waals surface area (Å²) >= 11 is 0. The van der Waals surface area contributed by atoms with Crippen molar-refractivity contribution >= 4 is 12.1 Å². The molecule has 5 nitrogen and oxygen atoms in total. The average molecular weight is 304 g/mol. The first kappa shape index (κ1) is 16.3. The Morgan fingerprint density at radius 1 is 1.32 bits per heavy atom. The fourth-order valence-electron chi connectivity index (χ4n) is 1.93. The number of nitrogens with one attached hydrogen (secondary N) is 1. The van der Waals surface area contributed by atoms with Gasteiger partial charge in [0.15, 0.2) is 11.5 Å². The smallest absolute Gasteiger partial charge is 0.243 e. The molecule has 1 aliphatic rings. The molecule has 0 bridgehead atoms. The first-order chi connectivity index (χ1) is 10.7. The minimum atomic E-state index is 0.000741. The van der Waals surface area contributed by atoms with Crippen molar-refractivity contribution in [2.75, 3.05) is 13.2 Å². The molecule has 1 N–H and O–H groups in total. The molecule has 22 heavy (non-hydrogen) atoms. The molecule has 0 atom stereocenters. The molecule has 0 heterocycles. The van der Waals surface area contributed by atoms with Gasteiger partial charge in [-0.25, -0.2) is 5.43 Å². The maximum Gasteiger partial charge on any atom is 0.243 e. The lowest BCUT2D eigenvalue weighted by molar-refractivity contribution is -0.122. The Morgan fingerprint density at radius 3 is 2.82 bits per heavy atom. The van der Waals surface area contributed by atoms with Crippen LogP contribution in [-0.2, 0) is 4.79 Å². The summed E-state index contributed by atoms with van der Waals surface area (Å²) in [7, 11) is 0. The van der Waals surface area contributed by atoms with E-state index in [1.54, 1.807) is 6.21 Å². The molecule has 1 fully saturated rings. The monoisotopic (exact) mass is 304 g/mol. The molecule has 0 aliphatic heterocycles. The maximum atomic E-state index is 11.5. The first-order valence-electron chi connectivity index (χ1n) is 7.97. The molecule has 1 aliphatic carbocycles. The van der Waals surface area contributed by atoms with E-state index in [0.717, 1.165) is 37.0 Å². The zero-order valence-corrected chi connectivity index (χ0v) is 13.3. The molecule has 120 valence electrons. The van der Waals surface area contributed by atoms with Crippen LogP contribution >= 0.6 is 0 Å². The van der Waals surface area contributed by atoms with Crippen molar-refractivity contribution in [3.05, 3.63) is 23.8 Å². The van der Waals surface area contributed by atoms with E-state index in [9.17, 15) is 4.79 Å². The van der Waals surface area contributed by atoms with Crippen LogP contribution in [0.5, 0.6) is 11.5 Å². The Balaban J connectivity index is 1.97. The van der Waals surface area contributed by atoms with Crippen molar-refractivity contribution in [1.82, 2.24) is 5.43 Å². The molecule has 0 spiro atoms. The van der Waals surface area contributed by atoms with E-state index in [0.29, 0.717) is 19.0 Å². The molecule has 1 aromatic carbocycles. The quantitative estimate of drug-likeness (QED) is 0.433. The van der Waals surface area contributed by atoms with Gasteiger partial charge in [0.25, 0.3) is 0 Å². The highest BCUT2D eigenvalue weighted by Gasteiger charge is 2.29. The number of hydrazone groups is 1. The average Bonchev–Trinajstić information content (AvgIpc) is 3.34. The number of unbranched alkanes of at least 4 members (excludes halogenated alkanes) is 1. The van der Waals surface area contributed by atoms with Crippen molar-refractivity contribution < 1.29 is 14.3 Å². The molecule has 1 saturated carbocycles. The van der Waals surface area contributed by atoms with Crippen molar-refractivity contribution in [2.45, 2.75) is 39.5 Å². The van der Waals surface area contributed by atoms with E-state index < -0.39 is 0 Å². The van der Waals surface area contributed by atoms with Crippen LogP contribution in [0.1, 0.15) is 45.1 Å². The standard InChI is InChI=1S/C17H24N2O3/c1-3-5-10-22-15-9-6-13(11-16(15)21-4-2)12-18-19-17(20)14-7-8-14/h6,9,11-12,14H,3-5,7-8,10H2,1-2H3,(H,19,20)/b18-12-. The lowest BCUT2D eigenvalue weighted by Crippen LogP contribution is -2.18. The van der Waals surface area contributed by atoms with E-state index in [1.807, 2.05) is 25.1 Å². The Kier molecular flexibility index (Phi) is 6.25. The number of hydrogen-bond donors (Lipinski definition) is 1. The summed E-state index contributed by atoms with van der Waals surface area (Å²) in [6.45, 7) is 5.32. The molecule has 5 heteroatoms. The zero-order chi connectivity index (χ0) is 15.8. The number of amides is 1. The molecule has 0 aromatic heterocycles. The number of benzene rings is 1. The third-order valence-corrected chi connectivity index (χ3v) is 3.36. The lowest BCUT2D eigenvalue weighted by Gasteiger charge is -2.12. The number of rotatable bonds is 9. The first-order valence-corrected chi connectivity index (χ1v) is 7.97. The molecule has 1 amide bonds. The second-order valence-electron chi connectivity index (χ2n) is 5.35. The molecule has 1 aromatic rings. The lowest BCUT2D eigenvalue weighted by atomic mass is 10.2. The number of carbonyl (C=O) groups is 1. The van der Waals surface area contributed by atoms with E-state index in [2.05, 4.69) is 17.5 Å². The normalized spacial score (nSPS) is 14.1. The van der Waals surface area contributed by atoms with Gasteiger partial charge in [0, 0.05) is 5.92 Å². The van der Waals surface area contributed by atoms with Gasteiger partial charge in [0.2, 0.25) is 5.91 Å². The van der Waals surface area contributed by atoms with Crippen LogP contribution in [-0.4, -0.2) is 25.3 Å². The van der Waals surface area contributed by atoms with Crippen LogP contribution in [0, 0.1) is 5.92 Å². The summed E-state index contributed by atoms with van der Waals surface area (Å²) in [5.74, 6) is 1.61. The highest BCUT2D eigenvalue weighted by molar-refractivity contribution is 5.84. The topological polar surface area (TPSA) is 59.9 Å². The predicted molar refractivity (Wildman–Crippen MR) is 86.5 cm³/mol. The summed E-state index contributed by atoms with van der Waals surface area (Å²) in [5.41, 5.74) is 3.42. The van der Waals surface area contributed by atoms with Gasteiger partial charge in [-0.3, -0.25) is 4.79 Å². The Morgan fingerprint density at radius 2 is 2.14 bits per heavy atom. The van der Waals surface area contributed by atoms with Crippen LogP contribution in [0.4, 0.5) is 0 Å². The highest BCUT2D eigenvalue weighted by atomic mass is 16.5. The largest absolute Gasteiger partial charge is 0.490 e. The van der Waals surface area contributed by atoms with Gasteiger partial charge in [-0.2, -0.15) is 5.10 Å². The van der Waals surface area contributed by atoms with Gasteiger partial charge in [0.1, 0.15) is 0 Å². The number of ether oxygens (including phenoxy) is 2. The Hall–Kier alpha value is -2.04. The summed E-state index contributed by atoms with van der Waals surface area (Å²) < 4.78 is 11.3. The van der Waals surface area contributed by atoms with Crippen molar-refractivity contribution in [3.8, 4) is 11.5 Å². The Bertz CT molecular complexity index is 525. The summed E-state index contributed by atoms with van der Waals surface area (Å²) in [6.07, 6.45) is 5.68. The minimum Gasteiger partial charge on any atom is -0.490 e. The van der Waals surface area contributed by atoms with Crippen LogP contribution < -0.4 is 14.9 Å². The number of hydrogen-bond acceptors (Lipinski definition) is 4. The summed E-state index contributed by atoms with van der Waals surface area (Å²) in [6, 6.07) is 5.65. The van der Waals surface area contributed by atoms with E-state index >= 15 is 0 Å². The van der Waals surface area contributed by atoms with Gasteiger partial charge in [-0.05, 0) is 49.9 Å². The molecule has 0 radical (unpaired) electrons. The molecular formula is C17H24N2O3. The van der Waals surface area contributed by atoms with Crippen molar-refractivity contribution in [3.63, 3.8) is 0 Å². The van der Waals surface area contributed by atoms with Crippen LogP contribution in [0.15, 0.2) is 23.3 Å². The maximum absolute atomic E-state index is 11.5. The van der Waals surface area contributed by atoms with Crippen LogP contribution in [0.3, 0.4) is 0 Å². The molecule has 0 saturated heterocycles. The van der Waals surface area contributed by atoms with E-state index in [4.69, 9.17) is 9.47 Å². The fraction of sp³-hybridized carbons (Fsp3) is 0.529.